The molecule has 1 rings (SSSR count). The van der Waals surface area contributed by atoms with Crippen LogP contribution < -0.4 is 5.32 Å². The van der Waals surface area contributed by atoms with Gasteiger partial charge in [-0.2, -0.15) is 0 Å². The van der Waals surface area contributed by atoms with Gasteiger partial charge in [-0.3, -0.25) is 0 Å². The molecule has 8 heteroatoms. The number of hydrogen-bond acceptors (Lipinski definition) is 2. The fourth-order valence-corrected chi connectivity index (χ4v) is 5.42. The van der Waals surface area contributed by atoms with E-state index in [-0.39, 0.29) is 6.54 Å². The van der Waals surface area contributed by atoms with Crippen molar-refractivity contribution in [2.75, 3.05) is 19.0 Å². The molecule has 0 radical (unpaired) electrons. The summed E-state index contributed by atoms with van der Waals surface area (Å²) in [4.78, 5) is 0. The zero-order valence-electron chi connectivity index (χ0n) is 13.5. The van der Waals surface area contributed by atoms with Crippen LogP contribution in [0.1, 0.15) is 26.7 Å². The maximum absolute atomic E-state index is 13.5. The van der Waals surface area contributed by atoms with E-state index >= 15 is 0 Å². The summed E-state index contributed by atoms with van der Waals surface area (Å²) in [6.07, 6.45) is 1.32. The van der Waals surface area contributed by atoms with Crippen LogP contribution in [0.25, 0.3) is 0 Å². The summed E-state index contributed by atoms with van der Waals surface area (Å²) in [5.74, 6) is -9.68. The van der Waals surface area contributed by atoms with E-state index in [1.54, 1.807) is 7.11 Å². The minimum atomic E-state index is -2.15. The molecule has 0 saturated heterocycles. The van der Waals surface area contributed by atoms with Crippen molar-refractivity contribution in [2.45, 2.75) is 44.8 Å². The van der Waals surface area contributed by atoms with Crippen LogP contribution in [-0.2, 0) is 4.43 Å². The van der Waals surface area contributed by atoms with Gasteiger partial charge in [0.25, 0.3) is 0 Å². The van der Waals surface area contributed by atoms with Crippen molar-refractivity contribution in [1.82, 2.24) is 0 Å². The molecule has 1 aromatic rings. The van der Waals surface area contributed by atoms with Crippen molar-refractivity contribution in [3.05, 3.63) is 29.1 Å². The van der Waals surface area contributed by atoms with Crippen molar-refractivity contribution in [3.63, 3.8) is 0 Å². The lowest BCUT2D eigenvalue weighted by molar-refractivity contribution is 0.381. The van der Waals surface area contributed by atoms with Crippen molar-refractivity contribution in [1.29, 1.82) is 0 Å². The first-order valence-electron chi connectivity index (χ1n) is 7.64. The van der Waals surface area contributed by atoms with Gasteiger partial charge in [0.1, 0.15) is 5.69 Å². The van der Waals surface area contributed by atoms with Crippen molar-refractivity contribution >= 4 is 14.0 Å². The largest absolute Gasteiger partial charge is 0.420 e. The molecule has 0 unspecified atom stereocenters. The first-order valence-corrected chi connectivity index (χ1v) is 10.2. The Kier molecular flexibility index (Phi) is 7.46. The zero-order chi connectivity index (χ0) is 17.6. The van der Waals surface area contributed by atoms with Gasteiger partial charge in [-0.1, -0.05) is 20.3 Å². The third-order valence-corrected chi connectivity index (χ3v) is 9.00. The van der Waals surface area contributed by atoms with Crippen LogP contribution in [0.2, 0.25) is 18.1 Å². The van der Waals surface area contributed by atoms with Crippen LogP contribution in [0.4, 0.5) is 27.6 Å². The number of anilines is 1. The predicted molar refractivity (Wildman–Crippen MR) is 82.5 cm³/mol. The summed E-state index contributed by atoms with van der Waals surface area (Å²) in [5, 5.41) is 2.31. The molecular weight excluding hydrogens is 333 g/mol. The molecule has 0 aromatic heterocycles. The molecule has 132 valence electrons. The lowest BCUT2D eigenvalue weighted by atomic mass is 10.2. The summed E-state index contributed by atoms with van der Waals surface area (Å²) < 4.78 is 71.6. The van der Waals surface area contributed by atoms with Gasteiger partial charge in [-0.05, 0) is 24.6 Å². The van der Waals surface area contributed by atoms with Crippen LogP contribution in [-0.4, -0.2) is 22.0 Å². The molecule has 2 nitrogen and oxygen atoms in total. The molecular formula is C15H22F5NOSi. The second-order valence-electron chi connectivity index (χ2n) is 5.42. The van der Waals surface area contributed by atoms with E-state index in [4.69, 9.17) is 4.43 Å². The van der Waals surface area contributed by atoms with Crippen LogP contribution in [0.5, 0.6) is 0 Å². The molecule has 0 atom stereocenters. The SMILES string of the molecule is CC[Si](CC)(CCCCNc1c(F)c(F)c(F)c(F)c1F)OC. The van der Waals surface area contributed by atoms with Gasteiger partial charge in [-0.15, -0.1) is 0 Å². The summed E-state index contributed by atoms with van der Waals surface area (Å²) in [7, 11) is -0.0387. The fraction of sp³-hybridized carbons (Fsp3) is 0.600. The Morgan fingerprint density at radius 1 is 0.826 bits per heavy atom. The quantitative estimate of drug-likeness (QED) is 0.216. The van der Waals surface area contributed by atoms with Crippen molar-refractivity contribution in [3.8, 4) is 0 Å². The van der Waals surface area contributed by atoms with Gasteiger partial charge in [-0.25, -0.2) is 22.0 Å². The highest BCUT2D eigenvalue weighted by molar-refractivity contribution is 6.73. The molecule has 1 N–H and O–H groups in total. The Bertz CT molecular complexity index is 500. The average Bonchev–Trinajstić information content (AvgIpc) is 2.57. The van der Waals surface area contributed by atoms with E-state index in [9.17, 15) is 22.0 Å². The molecule has 0 fully saturated rings. The van der Waals surface area contributed by atoms with E-state index in [1.807, 2.05) is 0 Å². The molecule has 0 amide bonds. The number of rotatable bonds is 9. The van der Waals surface area contributed by atoms with Crippen molar-refractivity contribution in [2.24, 2.45) is 0 Å². The van der Waals surface area contributed by atoms with Crippen LogP contribution in [0.3, 0.4) is 0 Å². The van der Waals surface area contributed by atoms with E-state index in [0.717, 1.165) is 24.6 Å². The fourth-order valence-electron chi connectivity index (χ4n) is 2.54. The van der Waals surface area contributed by atoms with E-state index in [2.05, 4.69) is 19.2 Å². The van der Waals surface area contributed by atoms with Crippen LogP contribution in [0.15, 0.2) is 0 Å². The second-order valence-corrected chi connectivity index (χ2v) is 10.1. The number of hydrogen-bond donors (Lipinski definition) is 1. The third kappa shape index (κ3) is 4.44. The first kappa shape index (κ1) is 19.9. The van der Waals surface area contributed by atoms with Crippen molar-refractivity contribution < 1.29 is 26.4 Å². The monoisotopic (exact) mass is 355 g/mol. The molecule has 0 spiro atoms. The van der Waals surface area contributed by atoms with Gasteiger partial charge in [0.2, 0.25) is 5.82 Å². The predicted octanol–water partition coefficient (Wildman–Crippen LogP) is 5.21. The number of nitrogens with one attached hydrogen (secondary N) is 1. The Labute approximate surface area is 134 Å². The molecule has 0 aliphatic heterocycles. The Balaban J connectivity index is 2.61. The Morgan fingerprint density at radius 3 is 1.74 bits per heavy atom. The molecule has 0 aliphatic rings. The minimum Gasteiger partial charge on any atom is -0.420 e. The molecule has 1 aromatic carbocycles. The van der Waals surface area contributed by atoms with Crippen LogP contribution in [0, 0.1) is 29.1 Å². The summed E-state index contributed by atoms with van der Waals surface area (Å²) in [6, 6.07) is 2.85. The minimum absolute atomic E-state index is 0.125. The summed E-state index contributed by atoms with van der Waals surface area (Å²) in [5.41, 5.74) is -0.970. The maximum Gasteiger partial charge on any atom is 0.200 e. The zero-order valence-corrected chi connectivity index (χ0v) is 14.5. The lowest BCUT2D eigenvalue weighted by Gasteiger charge is -2.27. The lowest BCUT2D eigenvalue weighted by Crippen LogP contribution is -2.35. The standard InChI is InChI=1S/C15H22F5NOSi/c1-4-23(5-2,22-3)9-7-6-8-21-15-13(19)11(17)10(16)12(18)14(15)20/h21H,4-9H2,1-3H3. The number of benzene rings is 1. The van der Waals surface area contributed by atoms with Gasteiger partial charge < -0.3 is 9.74 Å². The summed E-state index contributed by atoms with van der Waals surface area (Å²) >= 11 is 0. The molecule has 0 saturated carbocycles. The Hall–Kier alpha value is -1.15. The van der Waals surface area contributed by atoms with E-state index in [1.165, 1.54) is 0 Å². The molecule has 0 heterocycles. The van der Waals surface area contributed by atoms with Crippen LogP contribution >= 0.6 is 0 Å². The maximum atomic E-state index is 13.5. The molecule has 0 aliphatic carbocycles. The Morgan fingerprint density at radius 2 is 1.30 bits per heavy atom. The average molecular weight is 355 g/mol. The highest BCUT2D eigenvalue weighted by Crippen LogP contribution is 2.27. The third-order valence-electron chi connectivity index (χ3n) is 4.29. The topological polar surface area (TPSA) is 21.3 Å². The number of halogens is 5. The smallest absolute Gasteiger partial charge is 0.200 e. The number of unbranched alkanes of at least 4 members (excludes halogenated alkanes) is 1. The summed E-state index contributed by atoms with van der Waals surface area (Å²) in [6.45, 7) is 4.28. The van der Waals surface area contributed by atoms with E-state index in [0.29, 0.717) is 6.42 Å². The van der Waals surface area contributed by atoms with Gasteiger partial charge >= 0.3 is 0 Å². The van der Waals surface area contributed by atoms with Gasteiger partial charge in [0, 0.05) is 13.7 Å². The van der Waals surface area contributed by atoms with Gasteiger partial charge in [0.15, 0.2) is 31.6 Å². The highest BCUT2D eigenvalue weighted by atomic mass is 28.4. The normalized spacial score (nSPS) is 11.8. The van der Waals surface area contributed by atoms with Gasteiger partial charge in [0.05, 0.1) is 0 Å². The molecule has 0 bridgehead atoms. The first-order chi connectivity index (χ1) is 10.8. The second kappa shape index (κ2) is 8.63. The molecule has 23 heavy (non-hydrogen) atoms. The van der Waals surface area contributed by atoms with E-state index < -0.39 is 43.1 Å². The highest BCUT2D eigenvalue weighted by Gasteiger charge is 2.29.